The molecule has 0 atom stereocenters. The Morgan fingerprint density at radius 1 is 1.47 bits per heavy atom. The minimum atomic E-state index is 0.0437. The van der Waals surface area contributed by atoms with Gasteiger partial charge >= 0.3 is 0 Å². The first-order chi connectivity index (χ1) is 8.21. The first-order valence-corrected chi connectivity index (χ1v) is 8.03. The highest BCUT2D eigenvalue weighted by Gasteiger charge is 2.41. The summed E-state index contributed by atoms with van der Waals surface area (Å²) >= 11 is 5.12. The standard InChI is InChI=1S/C13H16BrNOS/c1-17-11-5-3-2-4-10(11)12(16)15-9-13(8-14)6-7-13/h2-5H,6-9H2,1H3,(H,15,16). The Morgan fingerprint density at radius 2 is 2.18 bits per heavy atom. The first kappa shape index (κ1) is 13.0. The Balaban J connectivity index is 1.99. The van der Waals surface area contributed by atoms with Crippen LogP contribution in [0.2, 0.25) is 0 Å². The average molecular weight is 314 g/mol. The van der Waals surface area contributed by atoms with Crippen molar-refractivity contribution in [1.82, 2.24) is 5.32 Å². The number of halogens is 1. The van der Waals surface area contributed by atoms with Gasteiger partial charge in [0.05, 0.1) is 5.56 Å². The molecule has 0 aliphatic heterocycles. The molecule has 17 heavy (non-hydrogen) atoms. The maximum Gasteiger partial charge on any atom is 0.252 e. The smallest absolute Gasteiger partial charge is 0.252 e. The number of amides is 1. The van der Waals surface area contributed by atoms with E-state index in [-0.39, 0.29) is 5.91 Å². The topological polar surface area (TPSA) is 29.1 Å². The van der Waals surface area contributed by atoms with Crippen molar-refractivity contribution in [3.05, 3.63) is 29.8 Å². The third kappa shape index (κ3) is 3.05. The predicted octanol–water partition coefficient (Wildman–Crippen LogP) is 3.31. The first-order valence-electron chi connectivity index (χ1n) is 5.68. The lowest BCUT2D eigenvalue weighted by molar-refractivity contribution is 0.0943. The minimum Gasteiger partial charge on any atom is -0.351 e. The molecular weight excluding hydrogens is 298 g/mol. The molecule has 0 bridgehead atoms. The summed E-state index contributed by atoms with van der Waals surface area (Å²) in [6.07, 6.45) is 4.42. The summed E-state index contributed by atoms with van der Waals surface area (Å²) in [6, 6.07) is 7.74. The third-order valence-corrected chi connectivity index (χ3v) is 5.20. The maximum absolute atomic E-state index is 12.1. The van der Waals surface area contributed by atoms with Gasteiger partial charge in [-0.15, -0.1) is 11.8 Å². The molecule has 1 amide bonds. The highest BCUT2D eigenvalue weighted by molar-refractivity contribution is 9.09. The van der Waals surface area contributed by atoms with E-state index in [2.05, 4.69) is 21.2 Å². The van der Waals surface area contributed by atoms with E-state index in [0.29, 0.717) is 5.41 Å². The normalized spacial score (nSPS) is 16.6. The molecule has 1 fully saturated rings. The van der Waals surface area contributed by atoms with Gasteiger partial charge in [-0.3, -0.25) is 4.79 Å². The van der Waals surface area contributed by atoms with Gasteiger partial charge in [0, 0.05) is 16.8 Å². The van der Waals surface area contributed by atoms with Crippen LogP contribution < -0.4 is 5.32 Å². The zero-order valence-electron chi connectivity index (χ0n) is 9.83. The molecule has 1 saturated carbocycles. The van der Waals surface area contributed by atoms with Gasteiger partial charge < -0.3 is 5.32 Å². The number of hydrogen-bond acceptors (Lipinski definition) is 2. The number of alkyl halides is 1. The van der Waals surface area contributed by atoms with Gasteiger partial charge in [0.2, 0.25) is 0 Å². The molecule has 0 heterocycles. The lowest BCUT2D eigenvalue weighted by Crippen LogP contribution is -2.31. The van der Waals surface area contributed by atoms with Crippen molar-refractivity contribution in [2.75, 3.05) is 18.1 Å². The van der Waals surface area contributed by atoms with Crippen LogP contribution in [-0.2, 0) is 0 Å². The molecule has 1 aliphatic carbocycles. The summed E-state index contributed by atoms with van der Waals surface area (Å²) in [6.45, 7) is 0.778. The zero-order valence-corrected chi connectivity index (χ0v) is 12.2. The fourth-order valence-corrected chi connectivity index (χ4v) is 3.08. The van der Waals surface area contributed by atoms with Gasteiger partial charge in [0.25, 0.3) is 5.91 Å². The van der Waals surface area contributed by atoms with Gasteiger partial charge in [-0.25, -0.2) is 0 Å². The number of hydrogen-bond donors (Lipinski definition) is 1. The van der Waals surface area contributed by atoms with E-state index in [1.165, 1.54) is 12.8 Å². The van der Waals surface area contributed by atoms with Crippen LogP contribution in [0.1, 0.15) is 23.2 Å². The van der Waals surface area contributed by atoms with E-state index in [1.807, 2.05) is 30.5 Å². The molecule has 92 valence electrons. The lowest BCUT2D eigenvalue weighted by Gasteiger charge is -2.13. The zero-order chi connectivity index (χ0) is 12.3. The molecule has 0 aromatic heterocycles. The van der Waals surface area contributed by atoms with Crippen LogP contribution in [0.25, 0.3) is 0 Å². The number of rotatable bonds is 5. The number of thioether (sulfide) groups is 1. The van der Waals surface area contributed by atoms with E-state index in [0.717, 1.165) is 22.3 Å². The van der Waals surface area contributed by atoms with E-state index in [1.54, 1.807) is 11.8 Å². The fraction of sp³-hybridized carbons (Fsp3) is 0.462. The van der Waals surface area contributed by atoms with Gasteiger partial charge in [-0.2, -0.15) is 0 Å². The number of nitrogens with one attached hydrogen (secondary N) is 1. The summed E-state index contributed by atoms with van der Waals surface area (Å²) < 4.78 is 0. The van der Waals surface area contributed by atoms with Gasteiger partial charge in [-0.05, 0) is 36.6 Å². The van der Waals surface area contributed by atoms with Gasteiger partial charge in [0.1, 0.15) is 0 Å². The molecule has 1 aromatic rings. The summed E-state index contributed by atoms with van der Waals surface area (Å²) in [4.78, 5) is 13.1. The number of benzene rings is 1. The van der Waals surface area contributed by atoms with E-state index in [4.69, 9.17) is 0 Å². The molecule has 0 radical (unpaired) electrons. The molecule has 1 aliphatic rings. The second-order valence-corrected chi connectivity index (χ2v) is 5.93. The fourth-order valence-electron chi connectivity index (χ4n) is 1.73. The quantitative estimate of drug-likeness (QED) is 0.667. The van der Waals surface area contributed by atoms with Crippen LogP contribution in [0, 0.1) is 5.41 Å². The minimum absolute atomic E-state index is 0.0437. The highest BCUT2D eigenvalue weighted by Crippen LogP contribution is 2.46. The van der Waals surface area contributed by atoms with Crippen molar-refractivity contribution in [3.8, 4) is 0 Å². The van der Waals surface area contributed by atoms with Crippen LogP contribution in [0.15, 0.2) is 29.2 Å². The largest absolute Gasteiger partial charge is 0.351 e. The SMILES string of the molecule is CSc1ccccc1C(=O)NCC1(CBr)CC1. The Morgan fingerprint density at radius 3 is 2.76 bits per heavy atom. The maximum atomic E-state index is 12.1. The average Bonchev–Trinajstić information content (AvgIpc) is 3.16. The second-order valence-electron chi connectivity index (χ2n) is 4.52. The summed E-state index contributed by atoms with van der Waals surface area (Å²) in [5, 5.41) is 4.02. The summed E-state index contributed by atoms with van der Waals surface area (Å²) in [5.74, 6) is 0.0437. The Hall–Kier alpha value is -0.480. The van der Waals surface area contributed by atoms with Crippen LogP contribution in [0.4, 0.5) is 0 Å². The van der Waals surface area contributed by atoms with Crippen molar-refractivity contribution in [3.63, 3.8) is 0 Å². The van der Waals surface area contributed by atoms with Gasteiger partial charge in [0.15, 0.2) is 0 Å². The van der Waals surface area contributed by atoms with Crippen LogP contribution in [-0.4, -0.2) is 24.0 Å². The molecule has 0 saturated heterocycles. The van der Waals surface area contributed by atoms with Crippen LogP contribution in [0.5, 0.6) is 0 Å². The van der Waals surface area contributed by atoms with E-state index < -0.39 is 0 Å². The molecule has 0 unspecified atom stereocenters. The van der Waals surface area contributed by atoms with Gasteiger partial charge in [-0.1, -0.05) is 28.1 Å². The van der Waals surface area contributed by atoms with Crippen LogP contribution >= 0.6 is 27.7 Å². The lowest BCUT2D eigenvalue weighted by atomic mass is 10.1. The molecule has 2 rings (SSSR count). The monoisotopic (exact) mass is 313 g/mol. The highest BCUT2D eigenvalue weighted by atomic mass is 79.9. The molecule has 2 nitrogen and oxygen atoms in total. The molecule has 4 heteroatoms. The van der Waals surface area contributed by atoms with Crippen molar-refractivity contribution < 1.29 is 4.79 Å². The van der Waals surface area contributed by atoms with Crippen molar-refractivity contribution in [2.45, 2.75) is 17.7 Å². The Kier molecular flexibility index (Phi) is 4.15. The van der Waals surface area contributed by atoms with Crippen LogP contribution in [0.3, 0.4) is 0 Å². The molecule has 0 spiro atoms. The summed E-state index contributed by atoms with van der Waals surface area (Å²) in [7, 11) is 0. The van der Waals surface area contributed by atoms with Crippen molar-refractivity contribution >= 4 is 33.6 Å². The predicted molar refractivity (Wildman–Crippen MR) is 76.0 cm³/mol. The molecular formula is C13H16BrNOS. The second kappa shape index (κ2) is 5.44. The third-order valence-electron chi connectivity index (χ3n) is 3.22. The Bertz CT molecular complexity index is 418. The van der Waals surface area contributed by atoms with Crippen molar-refractivity contribution in [1.29, 1.82) is 0 Å². The van der Waals surface area contributed by atoms with E-state index >= 15 is 0 Å². The molecule has 1 aromatic carbocycles. The van der Waals surface area contributed by atoms with E-state index in [9.17, 15) is 4.79 Å². The Labute approximate surface area is 115 Å². The van der Waals surface area contributed by atoms with Crippen molar-refractivity contribution in [2.24, 2.45) is 5.41 Å². The summed E-state index contributed by atoms with van der Waals surface area (Å²) in [5.41, 5.74) is 1.11. The number of carbonyl (C=O) groups excluding carboxylic acids is 1. The molecule has 1 N–H and O–H groups in total. The number of carbonyl (C=O) groups is 1.